The third-order valence-electron chi connectivity index (χ3n) is 4.02. The smallest absolute Gasteiger partial charge is 0.335 e. The van der Waals surface area contributed by atoms with Gasteiger partial charge in [-0.3, -0.25) is 4.79 Å². The van der Waals surface area contributed by atoms with Gasteiger partial charge in [0, 0.05) is 23.4 Å². The van der Waals surface area contributed by atoms with Gasteiger partial charge in [-0.2, -0.15) is 5.26 Å². The second-order valence-corrected chi connectivity index (χ2v) is 5.94. The van der Waals surface area contributed by atoms with E-state index in [-0.39, 0.29) is 11.1 Å². The summed E-state index contributed by atoms with van der Waals surface area (Å²) < 4.78 is 10.8. The number of rotatable bonds is 6. The lowest BCUT2D eigenvalue weighted by atomic mass is 10.1. The van der Waals surface area contributed by atoms with Crippen molar-refractivity contribution in [2.45, 2.75) is 0 Å². The van der Waals surface area contributed by atoms with Crippen LogP contribution in [0, 0.1) is 11.3 Å². The van der Waals surface area contributed by atoms with Gasteiger partial charge in [-0.25, -0.2) is 4.79 Å². The molecule has 2 aromatic carbocycles. The maximum absolute atomic E-state index is 12.4. The van der Waals surface area contributed by atoms with E-state index < -0.39 is 11.9 Å². The number of ether oxygens (including phenoxy) is 1. The van der Waals surface area contributed by atoms with Crippen molar-refractivity contribution in [3.63, 3.8) is 0 Å². The Kier molecular flexibility index (Phi) is 5.76. The number of carboxylic acids is 1. The number of amides is 1. The van der Waals surface area contributed by atoms with Crippen molar-refractivity contribution in [1.29, 1.82) is 5.26 Å². The minimum Gasteiger partial charge on any atom is -0.497 e. The van der Waals surface area contributed by atoms with Crippen LogP contribution in [0.3, 0.4) is 0 Å². The number of carbonyl (C=O) groups excluding carboxylic acids is 1. The fourth-order valence-electron chi connectivity index (χ4n) is 2.55. The van der Waals surface area contributed by atoms with Gasteiger partial charge in [0.15, 0.2) is 0 Å². The monoisotopic (exact) mass is 388 g/mol. The van der Waals surface area contributed by atoms with Crippen molar-refractivity contribution in [3.05, 3.63) is 77.6 Å². The molecular weight excluding hydrogens is 372 g/mol. The summed E-state index contributed by atoms with van der Waals surface area (Å²) in [6, 6.07) is 18.1. The Hall–Kier alpha value is -4.31. The number of carboxylic acid groups (broad SMARTS) is 1. The molecule has 1 amide bonds. The Bertz CT molecular complexity index is 1120. The largest absolute Gasteiger partial charge is 0.497 e. The van der Waals surface area contributed by atoms with Crippen LogP contribution in [0.5, 0.6) is 5.75 Å². The molecule has 0 aliphatic rings. The van der Waals surface area contributed by atoms with E-state index in [4.69, 9.17) is 14.3 Å². The molecule has 7 nitrogen and oxygen atoms in total. The molecule has 0 saturated heterocycles. The molecule has 0 fully saturated rings. The second-order valence-electron chi connectivity index (χ2n) is 5.94. The average molecular weight is 388 g/mol. The topological polar surface area (TPSA) is 113 Å². The molecule has 1 heterocycles. The van der Waals surface area contributed by atoms with Crippen LogP contribution in [0.1, 0.15) is 16.1 Å². The molecule has 0 unspecified atom stereocenters. The quantitative estimate of drug-likeness (QED) is 0.483. The van der Waals surface area contributed by atoms with E-state index in [1.165, 1.54) is 25.3 Å². The SMILES string of the molecule is COc1cccc(NC(=O)C(C#N)=Cc2ccc(-c3ccc(C(=O)O)cc3)o2)c1. The Labute approximate surface area is 166 Å². The fourth-order valence-corrected chi connectivity index (χ4v) is 2.55. The van der Waals surface area contributed by atoms with E-state index in [0.29, 0.717) is 28.5 Å². The third-order valence-corrected chi connectivity index (χ3v) is 4.02. The first-order valence-corrected chi connectivity index (χ1v) is 8.51. The molecule has 0 atom stereocenters. The highest BCUT2D eigenvalue weighted by molar-refractivity contribution is 6.09. The van der Waals surface area contributed by atoms with E-state index in [1.807, 2.05) is 6.07 Å². The molecule has 0 spiro atoms. The molecule has 0 saturated carbocycles. The zero-order chi connectivity index (χ0) is 20.8. The second kappa shape index (κ2) is 8.59. The number of nitriles is 1. The first-order valence-electron chi connectivity index (χ1n) is 8.51. The maximum Gasteiger partial charge on any atom is 0.335 e. The summed E-state index contributed by atoms with van der Waals surface area (Å²) in [6.45, 7) is 0. The van der Waals surface area contributed by atoms with Crippen molar-refractivity contribution >= 4 is 23.6 Å². The Morgan fingerprint density at radius 2 is 1.90 bits per heavy atom. The van der Waals surface area contributed by atoms with Crippen LogP contribution in [-0.2, 0) is 4.79 Å². The number of hydrogen-bond acceptors (Lipinski definition) is 5. The van der Waals surface area contributed by atoms with Gasteiger partial charge >= 0.3 is 5.97 Å². The van der Waals surface area contributed by atoms with Gasteiger partial charge in [-0.1, -0.05) is 18.2 Å². The number of hydrogen-bond donors (Lipinski definition) is 2. The van der Waals surface area contributed by atoms with Gasteiger partial charge < -0.3 is 19.6 Å². The van der Waals surface area contributed by atoms with Crippen LogP contribution in [0.2, 0.25) is 0 Å². The summed E-state index contributed by atoms with van der Waals surface area (Å²) >= 11 is 0. The molecule has 1 aromatic heterocycles. The zero-order valence-corrected chi connectivity index (χ0v) is 15.4. The Morgan fingerprint density at radius 3 is 2.55 bits per heavy atom. The highest BCUT2D eigenvalue weighted by atomic mass is 16.5. The molecule has 2 N–H and O–H groups in total. The lowest BCUT2D eigenvalue weighted by molar-refractivity contribution is -0.112. The van der Waals surface area contributed by atoms with Crippen molar-refractivity contribution in [1.82, 2.24) is 0 Å². The van der Waals surface area contributed by atoms with Gasteiger partial charge in [0.2, 0.25) is 0 Å². The molecule has 144 valence electrons. The van der Waals surface area contributed by atoms with Crippen LogP contribution in [0.15, 0.2) is 70.7 Å². The number of benzene rings is 2. The first kappa shape index (κ1) is 19.5. The molecule has 0 radical (unpaired) electrons. The van der Waals surface area contributed by atoms with Crippen molar-refractivity contribution < 1.29 is 23.8 Å². The molecule has 7 heteroatoms. The Balaban J connectivity index is 1.78. The minimum absolute atomic E-state index is 0.130. The normalized spacial score (nSPS) is 10.8. The number of nitrogens with one attached hydrogen (secondary N) is 1. The van der Waals surface area contributed by atoms with Gasteiger partial charge in [0.05, 0.1) is 12.7 Å². The van der Waals surface area contributed by atoms with E-state index in [0.717, 1.165) is 0 Å². The van der Waals surface area contributed by atoms with Crippen molar-refractivity contribution in [2.24, 2.45) is 0 Å². The van der Waals surface area contributed by atoms with E-state index in [9.17, 15) is 14.9 Å². The van der Waals surface area contributed by atoms with Crippen LogP contribution < -0.4 is 10.1 Å². The molecule has 0 bridgehead atoms. The summed E-state index contributed by atoms with van der Waals surface area (Å²) in [6.07, 6.45) is 1.34. The lowest BCUT2D eigenvalue weighted by Gasteiger charge is -2.06. The van der Waals surface area contributed by atoms with Gasteiger partial charge in [-0.15, -0.1) is 0 Å². The van der Waals surface area contributed by atoms with Gasteiger partial charge in [0.1, 0.15) is 28.9 Å². The zero-order valence-electron chi connectivity index (χ0n) is 15.4. The van der Waals surface area contributed by atoms with E-state index in [2.05, 4.69) is 5.32 Å². The lowest BCUT2D eigenvalue weighted by Crippen LogP contribution is -2.13. The van der Waals surface area contributed by atoms with E-state index in [1.54, 1.807) is 48.5 Å². The molecule has 3 rings (SSSR count). The summed E-state index contributed by atoms with van der Waals surface area (Å²) in [5.74, 6) is -0.210. The summed E-state index contributed by atoms with van der Waals surface area (Å²) in [7, 11) is 1.52. The maximum atomic E-state index is 12.4. The predicted molar refractivity (Wildman–Crippen MR) is 106 cm³/mol. The van der Waals surface area contributed by atoms with Crippen LogP contribution >= 0.6 is 0 Å². The number of furan rings is 1. The van der Waals surface area contributed by atoms with Crippen molar-refractivity contribution in [3.8, 4) is 23.1 Å². The molecule has 3 aromatic rings. The van der Waals surface area contributed by atoms with Crippen LogP contribution in [0.25, 0.3) is 17.4 Å². The number of nitrogens with zero attached hydrogens (tertiary/aromatic N) is 1. The molecular formula is C22H16N2O5. The van der Waals surface area contributed by atoms with Crippen LogP contribution in [-0.4, -0.2) is 24.1 Å². The molecule has 29 heavy (non-hydrogen) atoms. The predicted octanol–water partition coefficient (Wildman–Crippen LogP) is 4.20. The summed E-state index contributed by atoms with van der Waals surface area (Å²) in [5, 5.41) is 20.9. The first-order chi connectivity index (χ1) is 14.0. The minimum atomic E-state index is -1.01. The third kappa shape index (κ3) is 4.70. The Morgan fingerprint density at radius 1 is 1.14 bits per heavy atom. The number of methoxy groups -OCH3 is 1. The summed E-state index contributed by atoms with van der Waals surface area (Å²) in [5.41, 5.74) is 1.21. The number of aromatic carboxylic acids is 1. The van der Waals surface area contributed by atoms with Crippen LogP contribution in [0.4, 0.5) is 5.69 Å². The molecule has 0 aliphatic heterocycles. The standard InChI is InChI=1S/C22H16N2O5/c1-28-18-4-2-3-17(12-18)24-21(25)16(13-23)11-19-9-10-20(29-19)14-5-7-15(8-6-14)22(26)27/h2-12H,1H3,(H,24,25)(H,26,27). The summed E-state index contributed by atoms with van der Waals surface area (Å²) in [4.78, 5) is 23.3. The van der Waals surface area contributed by atoms with Crippen molar-refractivity contribution in [2.75, 3.05) is 12.4 Å². The van der Waals surface area contributed by atoms with Gasteiger partial charge in [0.25, 0.3) is 5.91 Å². The molecule has 0 aliphatic carbocycles. The average Bonchev–Trinajstić information content (AvgIpc) is 3.20. The van der Waals surface area contributed by atoms with Gasteiger partial charge in [-0.05, 0) is 36.4 Å². The number of anilines is 1. The highest BCUT2D eigenvalue weighted by Crippen LogP contribution is 2.24. The number of carbonyl (C=O) groups is 2. The fraction of sp³-hybridized carbons (Fsp3) is 0.0455. The highest BCUT2D eigenvalue weighted by Gasteiger charge is 2.12. The van der Waals surface area contributed by atoms with E-state index >= 15 is 0 Å².